The Bertz CT molecular complexity index is 575. The van der Waals surface area contributed by atoms with Gasteiger partial charge < -0.3 is 5.73 Å². The third-order valence-corrected chi connectivity index (χ3v) is 7.28. The molecule has 1 heterocycles. The van der Waals surface area contributed by atoms with Gasteiger partial charge >= 0.3 is 0 Å². The molecule has 21 heavy (non-hydrogen) atoms. The van der Waals surface area contributed by atoms with Gasteiger partial charge in [-0.2, -0.15) is 4.31 Å². The number of nitrogens with zero attached hydrogens (tertiary/aromatic N) is 1. The average molecular weight is 329 g/mol. The minimum absolute atomic E-state index is 0.116. The van der Waals surface area contributed by atoms with Crippen LogP contribution in [0.25, 0.3) is 0 Å². The Kier molecular flexibility index (Phi) is 5.57. The first kappa shape index (κ1) is 16.6. The van der Waals surface area contributed by atoms with Crippen LogP contribution in [0.2, 0.25) is 0 Å². The number of piperidine rings is 1. The Morgan fingerprint density at radius 3 is 2.71 bits per heavy atom. The number of para-hydroxylation sites is 1. The number of benzene rings is 1. The zero-order valence-corrected chi connectivity index (χ0v) is 14.3. The second kappa shape index (κ2) is 7.03. The summed E-state index contributed by atoms with van der Waals surface area (Å²) < 4.78 is 26.6. The van der Waals surface area contributed by atoms with Gasteiger partial charge in [0.15, 0.2) is 0 Å². The maximum Gasteiger partial charge on any atom is 0.215 e. The molecule has 2 atom stereocenters. The minimum Gasteiger partial charge on any atom is -0.398 e. The van der Waals surface area contributed by atoms with Crippen molar-refractivity contribution < 1.29 is 8.42 Å². The number of anilines is 1. The largest absolute Gasteiger partial charge is 0.398 e. The Labute approximate surface area is 132 Å². The van der Waals surface area contributed by atoms with Crippen LogP contribution in [0.15, 0.2) is 29.2 Å². The lowest BCUT2D eigenvalue weighted by Crippen LogP contribution is -2.45. The van der Waals surface area contributed by atoms with E-state index in [1.807, 2.05) is 31.2 Å². The molecule has 0 aliphatic carbocycles. The maximum atomic E-state index is 12.5. The van der Waals surface area contributed by atoms with E-state index in [-0.39, 0.29) is 11.8 Å². The summed E-state index contributed by atoms with van der Waals surface area (Å²) >= 11 is 1.51. The highest BCUT2D eigenvalue weighted by atomic mass is 32.2. The van der Waals surface area contributed by atoms with Crippen molar-refractivity contribution >= 4 is 27.5 Å². The van der Waals surface area contributed by atoms with Crippen LogP contribution in [0.5, 0.6) is 0 Å². The first-order chi connectivity index (χ1) is 9.90. The van der Waals surface area contributed by atoms with E-state index < -0.39 is 10.0 Å². The Hall–Kier alpha value is -0.720. The van der Waals surface area contributed by atoms with Gasteiger partial charge in [-0.3, -0.25) is 0 Å². The normalized spacial score (nSPS) is 24.1. The van der Waals surface area contributed by atoms with Gasteiger partial charge in [0.1, 0.15) is 0 Å². The smallest absolute Gasteiger partial charge is 0.215 e. The van der Waals surface area contributed by atoms with E-state index in [4.69, 9.17) is 5.73 Å². The third-order valence-electron chi connectivity index (χ3n) is 3.95. The number of nitrogen functional groups attached to an aromatic ring is 1. The summed E-state index contributed by atoms with van der Waals surface area (Å²) in [7, 11) is -3.17. The van der Waals surface area contributed by atoms with Crippen LogP contribution in [0, 0.1) is 5.92 Å². The molecule has 0 aromatic heterocycles. The van der Waals surface area contributed by atoms with Crippen molar-refractivity contribution in [2.45, 2.75) is 37.6 Å². The molecule has 4 nitrogen and oxygen atoms in total. The van der Waals surface area contributed by atoms with Gasteiger partial charge in [-0.15, -0.1) is 11.8 Å². The van der Waals surface area contributed by atoms with Crippen LogP contribution in [0.3, 0.4) is 0 Å². The second-order valence-electron chi connectivity index (χ2n) is 5.79. The first-order valence-electron chi connectivity index (χ1n) is 7.37. The Morgan fingerprint density at radius 1 is 1.33 bits per heavy atom. The molecule has 0 bridgehead atoms. The highest BCUT2D eigenvalue weighted by Crippen LogP contribution is 2.27. The molecular formula is C15H24N2O2S2. The van der Waals surface area contributed by atoms with E-state index in [0.29, 0.717) is 23.9 Å². The molecule has 0 amide bonds. The van der Waals surface area contributed by atoms with Crippen LogP contribution >= 0.6 is 11.8 Å². The SMILES string of the molecule is CC1CCN(S(=O)(=O)CCSc2ccccc2N)C(C)C1. The van der Waals surface area contributed by atoms with Crippen molar-refractivity contribution in [2.24, 2.45) is 5.92 Å². The van der Waals surface area contributed by atoms with Gasteiger partial charge in [0.2, 0.25) is 10.0 Å². The van der Waals surface area contributed by atoms with Crippen molar-refractivity contribution in [3.05, 3.63) is 24.3 Å². The lowest BCUT2D eigenvalue weighted by atomic mass is 9.95. The molecule has 1 fully saturated rings. The third kappa shape index (κ3) is 4.37. The molecule has 1 saturated heterocycles. The van der Waals surface area contributed by atoms with Crippen LogP contribution < -0.4 is 5.73 Å². The lowest BCUT2D eigenvalue weighted by molar-refractivity contribution is 0.220. The summed E-state index contributed by atoms with van der Waals surface area (Å²) in [5.74, 6) is 1.32. The van der Waals surface area contributed by atoms with Crippen molar-refractivity contribution in [1.29, 1.82) is 0 Å². The molecule has 0 saturated carbocycles. The van der Waals surface area contributed by atoms with Gasteiger partial charge in [-0.05, 0) is 37.8 Å². The summed E-state index contributed by atoms with van der Waals surface area (Å²) in [6.07, 6.45) is 1.92. The predicted octanol–water partition coefficient (Wildman–Crippen LogP) is 2.81. The van der Waals surface area contributed by atoms with Crippen molar-refractivity contribution in [3.63, 3.8) is 0 Å². The van der Waals surface area contributed by atoms with Gasteiger partial charge in [0.25, 0.3) is 0 Å². The van der Waals surface area contributed by atoms with E-state index in [0.717, 1.165) is 17.7 Å². The molecule has 1 aliphatic rings. The highest BCUT2D eigenvalue weighted by molar-refractivity contribution is 8.00. The quantitative estimate of drug-likeness (QED) is 0.667. The molecule has 2 N–H and O–H groups in total. The Balaban J connectivity index is 1.91. The number of hydrogen-bond acceptors (Lipinski definition) is 4. The molecule has 1 aromatic rings. The maximum absolute atomic E-state index is 12.5. The molecule has 1 aromatic carbocycles. The summed E-state index contributed by atoms with van der Waals surface area (Å²) in [6.45, 7) is 4.85. The van der Waals surface area contributed by atoms with Gasteiger partial charge in [-0.1, -0.05) is 19.1 Å². The average Bonchev–Trinajstić information content (AvgIpc) is 2.40. The number of rotatable bonds is 5. The summed E-state index contributed by atoms with van der Waals surface area (Å²) in [6, 6.07) is 7.68. The highest BCUT2D eigenvalue weighted by Gasteiger charge is 2.31. The number of nitrogens with two attached hydrogens (primary N) is 1. The van der Waals surface area contributed by atoms with Crippen LogP contribution in [0.4, 0.5) is 5.69 Å². The lowest BCUT2D eigenvalue weighted by Gasteiger charge is -2.35. The van der Waals surface area contributed by atoms with Crippen molar-refractivity contribution in [1.82, 2.24) is 4.31 Å². The zero-order chi connectivity index (χ0) is 15.5. The minimum atomic E-state index is -3.17. The van der Waals surface area contributed by atoms with Crippen LogP contribution in [-0.4, -0.2) is 36.8 Å². The predicted molar refractivity (Wildman–Crippen MR) is 89.9 cm³/mol. The molecule has 6 heteroatoms. The van der Waals surface area contributed by atoms with E-state index in [9.17, 15) is 8.42 Å². The molecule has 2 unspecified atom stereocenters. The van der Waals surface area contributed by atoms with Gasteiger partial charge in [-0.25, -0.2) is 8.42 Å². The number of hydrogen-bond donors (Lipinski definition) is 1. The first-order valence-corrected chi connectivity index (χ1v) is 9.96. The van der Waals surface area contributed by atoms with Crippen molar-refractivity contribution in [3.8, 4) is 0 Å². The van der Waals surface area contributed by atoms with Crippen LogP contribution in [0.1, 0.15) is 26.7 Å². The molecule has 0 spiro atoms. The van der Waals surface area contributed by atoms with Crippen molar-refractivity contribution in [2.75, 3.05) is 23.8 Å². The Morgan fingerprint density at radius 2 is 2.05 bits per heavy atom. The molecule has 2 rings (SSSR count). The monoisotopic (exact) mass is 328 g/mol. The summed E-state index contributed by atoms with van der Waals surface area (Å²) in [5.41, 5.74) is 6.58. The standard InChI is InChI=1S/C15H24N2O2S2/c1-12-7-8-17(13(2)11-12)21(18,19)10-9-20-15-6-4-3-5-14(15)16/h3-6,12-13H,7-11,16H2,1-2H3. The van der Waals surface area contributed by atoms with E-state index >= 15 is 0 Å². The molecular weight excluding hydrogens is 304 g/mol. The fourth-order valence-electron chi connectivity index (χ4n) is 2.79. The van der Waals surface area contributed by atoms with Gasteiger partial charge in [0, 0.05) is 28.9 Å². The fraction of sp³-hybridized carbons (Fsp3) is 0.600. The summed E-state index contributed by atoms with van der Waals surface area (Å²) in [4.78, 5) is 0.952. The van der Waals surface area contributed by atoms with E-state index in [1.54, 1.807) is 4.31 Å². The topological polar surface area (TPSA) is 63.4 Å². The van der Waals surface area contributed by atoms with E-state index in [2.05, 4.69) is 6.92 Å². The molecule has 0 radical (unpaired) electrons. The fourth-order valence-corrected chi connectivity index (χ4v) is 5.84. The second-order valence-corrected chi connectivity index (χ2v) is 8.97. The van der Waals surface area contributed by atoms with E-state index in [1.165, 1.54) is 11.8 Å². The van der Waals surface area contributed by atoms with Crippen LogP contribution in [-0.2, 0) is 10.0 Å². The zero-order valence-electron chi connectivity index (χ0n) is 12.7. The molecule has 1 aliphatic heterocycles. The molecule has 118 valence electrons. The number of thioether (sulfide) groups is 1. The van der Waals surface area contributed by atoms with Gasteiger partial charge in [0.05, 0.1) is 5.75 Å². The number of sulfonamides is 1. The summed E-state index contributed by atoms with van der Waals surface area (Å²) in [5, 5.41) is 0.